The molecule has 4 nitrogen and oxygen atoms in total. The molecule has 1 fully saturated rings. The Bertz CT molecular complexity index is 585. The number of aryl methyl sites for hydroxylation is 1. The molecule has 1 heterocycles. The van der Waals surface area contributed by atoms with E-state index >= 15 is 0 Å². The molecule has 0 amide bonds. The Morgan fingerprint density at radius 3 is 2.83 bits per heavy atom. The Morgan fingerprint density at radius 2 is 2.28 bits per heavy atom. The SMILES string of the molecule is Cc1cc(C#N)ccc1S(=O)(=O)NC1CCSC1. The van der Waals surface area contributed by atoms with Gasteiger partial charge in [0.05, 0.1) is 16.5 Å². The van der Waals surface area contributed by atoms with Gasteiger partial charge >= 0.3 is 0 Å². The summed E-state index contributed by atoms with van der Waals surface area (Å²) >= 11 is 1.76. The van der Waals surface area contributed by atoms with Crippen molar-refractivity contribution in [2.75, 3.05) is 11.5 Å². The molecule has 1 saturated heterocycles. The van der Waals surface area contributed by atoms with Gasteiger partial charge in [-0.2, -0.15) is 17.0 Å². The van der Waals surface area contributed by atoms with Crippen molar-refractivity contribution >= 4 is 21.8 Å². The second kappa shape index (κ2) is 5.31. The first kappa shape index (κ1) is 13.4. The fraction of sp³-hybridized carbons (Fsp3) is 0.417. The molecule has 0 aliphatic carbocycles. The van der Waals surface area contributed by atoms with E-state index in [-0.39, 0.29) is 10.9 Å². The molecule has 0 bridgehead atoms. The van der Waals surface area contributed by atoms with Crippen LogP contribution in [-0.4, -0.2) is 26.0 Å². The third kappa shape index (κ3) is 2.86. The average Bonchev–Trinajstić information content (AvgIpc) is 2.80. The molecule has 1 atom stereocenters. The molecule has 2 rings (SSSR count). The first-order chi connectivity index (χ1) is 8.53. The smallest absolute Gasteiger partial charge is 0.207 e. The van der Waals surface area contributed by atoms with Gasteiger partial charge in [0.1, 0.15) is 0 Å². The van der Waals surface area contributed by atoms with Gasteiger partial charge in [-0.1, -0.05) is 0 Å². The molecule has 0 saturated carbocycles. The molecule has 1 aromatic rings. The number of sulfonamides is 1. The van der Waals surface area contributed by atoms with Gasteiger partial charge in [-0.25, -0.2) is 13.1 Å². The number of hydrogen-bond donors (Lipinski definition) is 1. The van der Waals surface area contributed by atoms with Gasteiger partial charge in [0, 0.05) is 11.8 Å². The number of hydrogen-bond acceptors (Lipinski definition) is 4. The lowest BCUT2D eigenvalue weighted by Gasteiger charge is -2.13. The van der Waals surface area contributed by atoms with Gasteiger partial charge in [0.2, 0.25) is 10.0 Å². The summed E-state index contributed by atoms with van der Waals surface area (Å²) in [6, 6.07) is 6.65. The Labute approximate surface area is 111 Å². The number of rotatable bonds is 3. The first-order valence-electron chi connectivity index (χ1n) is 5.64. The van der Waals surface area contributed by atoms with Gasteiger partial charge in [-0.05, 0) is 42.9 Å². The van der Waals surface area contributed by atoms with Gasteiger partial charge in [-0.15, -0.1) is 0 Å². The minimum absolute atomic E-state index is 0.0232. The van der Waals surface area contributed by atoms with Crippen LogP contribution in [0.25, 0.3) is 0 Å². The maximum absolute atomic E-state index is 12.2. The molecular formula is C12H14N2O2S2. The molecule has 0 aromatic heterocycles. The lowest BCUT2D eigenvalue weighted by Crippen LogP contribution is -2.34. The minimum atomic E-state index is -3.47. The van der Waals surface area contributed by atoms with Crippen molar-refractivity contribution in [3.8, 4) is 6.07 Å². The van der Waals surface area contributed by atoms with Crippen LogP contribution in [0.1, 0.15) is 17.5 Å². The third-order valence-corrected chi connectivity index (χ3v) is 5.69. The fourth-order valence-electron chi connectivity index (χ4n) is 1.93. The molecule has 1 N–H and O–H groups in total. The summed E-state index contributed by atoms with van der Waals surface area (Å²) in [5.74, 6) is 1.83. The highest BCUT2D eigenvalue weighted by Gasteiger charge is 2.24. The van der Waals surface area contributed by atoms with Crippen LogP contribution < -0.4 is 4.72 Å². The minimum Gasteiger partial charge on any atom is -0.207 e. The van der Waals surface area contributed by atoms with Gasteiger partial charge < -0.3 is 0 Å². The number of nitriles is 1. The third-order valence-electron chi connectivity index (χ3n) is 2.85. The monoisotopic (exact) mass is 282 g/mol. The van der Waals surface area contributed by atoms with E-state index in [0.29, 0.717) is 11.1 Å². The van der Waals surface area contributed by atoms with Crippen LogP contribution in [0.2, 0.25) is 0 Å². The van der Waals surface area contributed by atoms with Crippen molar-refractivity contribution in [3.05, 3.63) is 29.3 Å². The summed E-state index contributed by atoms with van der Waals surface area (Å²) in [5.41, 5.74) is 1.08. The van der Waals surface area contributed by atoms with E-state index in [4.69, 9.17) is 5.26 Å². The summed E-state index contributed by atoms with van der Waals surface area (Å²) < 4.78 is 27.1. The summed E-state index contributed by atoms with van der Waals surface area (Å²) in [6.07, 6.45) is 0.874. The Balaban J connectivity index is 2.27. The normalized spacial score (nSPS) is 19.7. The molecule has 1 aliphatic heterocycles. The van der Waals surface area contributed by atoms with Crippen LogP contribution in [0.15, 0.2) is 23.1 Å². The second-order valence-corrected chi connectivity index (χ2v) is 7.11. The topological polar surface area (TPSA) is 70.0 Å². The zero-order valence-electron chi connectivity index (χ0n) is 10.0. The standard InChI is InChI=1S/C12H14N2O2S2/c1-9-6-10(7-13)2-3-12(9)18(15,16)14-11-4-5-17-8-11/h2-3,6,11,14H,4-5,8H2,1H3. The van der Waals surface area contributed by atoms with Crippen molar-refractivity contribution in [2.45, 2.75) is 24.3 Å². The second-order valence-electron chi connectivity index (χ2n) is 4.27. The maximum Gasteiger partial charge on any atom is 0.241 e. The van der Waals surface area contributed by atoms with Crippen LogP contribution >= 0.6 is 11.8 Å². The molecule has 1 aliphatic rings. The van der Waals surface area contributed by atoms with Crippen molar-refractivity contribution < 1.29 is 8.42 Å². The molecular weight excluding hydrogens is 268 g/mol. The summed E-state index contributed by atoms with van der Waals surface area (Å²) in [7, 11) is -3.47. The number of benzene rings is 1. The molecule has 0 radical (unpaired) electrons. The zero-order valence-corrected chi connectivity index (χ0v) is 11.6. The number of nitrogens with zero attached hydrogens (tertiary/aromatic N) is 1. The molecule has 0 spiro atoms. The van der Waals surface area contributed by atoms with Crippen molar-refractivity contribution in [1.29, 1.82) is 5.26 Å². The molecule has 1 unspecified atom stereocenters. The fourth-order valence-corrected chi connectivity index (χ4v) is 4.69. The first-order valence-corrected chi connectivity index (χ1v) is 8.27. The highest BCUT2D eigenvalue weighted by Crippen LogP contribution is 2.21. The maximum atomic E-state index is 12.2. The van der Waals surface area contributed by atoms with E-state index in [0.717, 1.165) is 17.9 Å². The summed E-state index contributed by atoms with van der Waals surface area (Å²) in [4.78, 5) is 0.262. The Morgan fingerprint density at radius 1 is 1.50 bits per heavy atom. The lowest BCUT2D eigenvalue weighted by molar-refractivity contribution is 0.562. The molecule has 96 valence electrons. The summed E-state index contributed by atoms with van der Waals surface area (Å²) in [6.45, 7) is 1.71. The number of nitrogens with one attached hydrogen (secondary N) is 1. The number of thioether (sulfide) groups is 1. The van der Waals surface area contributed by atoms with Crippen LogP contribution in [0.5, 0.6) is 0 Å². The summed E-state index contributed by atoms with van der Waals surface area (Å²) in [5, 5.41) is 8.77. The molecule has 18 heavy (non-hydrogen) atoms. The largest absolute Gasteiger partial charge is 0.241 e. The van der Waals surface area contributed by atoms with E-state index in [2.05, 4.69) is 4.72 Å². The van der Waals surface area contributed by atoms with Gasteiger partial charge in [0.25, 0.3) is 0 Å². The van der Waals surface area contributed by atoms with Crippen LogP contribution in [0.3, 0.4) is 0 Å². The van der Waals surface area contributed by atoms with Crippen LogP contribution in [0, 0.1) is 18.3 Å². The highest BCUT2D eigenvalue weighted by molar-refractivity contribution is 7.99. The van der Waals surface area contributed by atoms with E-state index in [9.17, 15) is 8.42 Å². The molecule has 1 aromatic carbocycles. The van der Waals surface area contributed by atoms with Gasteiger partial charge in [-0.3, -0.25) is 0 Å². The predicted octanol–water partition coefficient (Wildman–Crippen LogP) is 1.65. The van der Waals surface area contributed by atoms with E-state index < -0.39 is 10.0 Å². The van der Waals surface area contributed by atoms with Crippen LogP contribution in [0.4, 0.5) is 0 Å². The highest BCUT2D eigenvalue weighted by atomic mass is 32.2. The molecule has 6 heteroatoms. The predicted molar refractivity (Wildman–Crippen MR) is 71.9 cm³/mol. The average molecular weight is 282 g/mol. The van der Waals surface area contributed by atoms with Crippen molar-refractivity contribution in [2.24, 2.45) is 0 Å². The lowest BCUT2D eigenvalue weighted by atomic mass is 10.2. The van der Waals surface area contributed by atoms with Gasteiger partial charge in [0.15, 0.2) is 0 Å². The Hall–Kier alpha value is -1.03. The quantitative estimate of drug-likeness (QED) is 0.915. The van der Waals surface area contributed by atoms with E-state index in [1.807, 2.05) is 6.07 Å². The van der Waals surface area contributed by atoms with Crippen molar-refractivity contribution in [1.82, 2.24) is 4.72 Å². The van der Waals surface area contributed by atoms with E-state index in [1.54, 1.807) is 24.8 Å². The van der Waals surface area contributed by atoms with E-state index in [1.165, 1.54) is 12.1 Å². The Kier molecular flexibility index (Phi) is 3.95. The van der Waals surface area contributed by atoms with Crippen molar-refractivity contribution in [3.63, 3.8) is 0 Å². The zero-order chi connectivity index (χ0) is 13.2. The van der Waals surface area contributed by atoms with Crippen LogP contribution in [-0.2, 0) is 10.0 Å².